The van der Waals surface area contributed by atoms with Gasteiger partial charge in [0.25, 0.3) is 0 Å². The van der Waals surface area contributed by atoms with Crippen molar-refractivity contribution in [1.29, 1.82) is 0 Å². The van der Waals surface area contributed by atoms with Crippen molar-refractivity contribution in [2.75, 3.05) is 7.11 Å². The van der Waals surface area contributed by atoms with E-state index in [1.165, 1.54) is 7.11 Å². The van der Waals surface area contributed by atoms with Crippen LogP contribution >= 0.6 is 12.4 Å². The molecule has 0 spiro atoms. The van der Waals surface area contributed by atoms with E-state index in [9.17, 15) is 9.59 Å². The summed E-state index contributed by atoms with van der Waals surface area (Å²) in [6.07, 6.45) is 1.07. The number of carbonyl (C=O) groups excluding carboxylic acids is 1. The quantitative estimate of drug-likeness (QED) is 0.674. The van der Waals surface area contributed by atoms with Crippen LogP contribution in [-0.4, -0.2) is 36.2 Å². The van der Waals surface area contributed by atoms with Crippen molar-refractivity contribution < 1.29 is 19.4 Å². The lowest BCUT2D eigenvalue weighted by molar-refractivity contribution is -0.142. The van der Waals surface area contributed by atoms with Gasteiger partial charge in [0.2, 0.25) is 0 Å². The number of carbonyl (C=O) groups is 2. The van der Waals surface area contributed by atoms with E-state index >= 15 is 0 Å². The second-order valence-electron chi connectivity index (χ2n) is 5.39. The van der Waals surface area contributed by atoms with Gasteiger partial charge in [-0.05, 0) is 24.3 Å². The predicted octanol–water partition coefficient (Wildman–Crippen LogP) is 1.60. The summed E-state index contributed by atoms with van der Waals surface area (Å²) in [5.41, 5.74) is 11.8. The van der Waals surface area contributed by atoms with Crippen LogP contribution in [-0.2, 0) is 20.7 Å². The van der Waals surface area contributed by atoms with Crippen LogP contribution in [0.15, 0.2) is 30.3 Å². The van der Waals surface area contributed by atoms with E-state index in [2.05, 4.69) is 4.74 Å². The fraction of sp³-hybridized carbons (Fsp3) is 0.500. The zero-order valence-electron chi connectivity index (χ0n) is 13.8. The number of carboxylic acids is 1. The molecule has 2 atom stereocenters. The first-order valence-electron chi connectivity index (χ1n) is 7.13. The number of ether oxygens (including phenoxy) is 1. The summed E-state index contributed by atoms with van der Waals surface area (Å²) >= 11 is 0. The Hall–Kier alpha value is -1.63. The molecule has 0 aliphatic heterocycles. The number of benzene rings is 1. The number of hydrogen-bond acceptors (Lipinski definition) is 5. The second-order valence-corrected chi connectivity index (χ2v) is 5.39. The highest BCUT2D eigenvalue weighted by Crippen LogP contribution is 2.03. The van der Waals surface area contributed by atoms with Gasteiger partial charge < -0.3 is 21.3 Å². The molecule has 132 valence electrons. The van der Waals surface area contributed by atoms with Crippen molar-refractivity contribution in [1.82, 2.24) is 0 Å². The van der Waals surface area contributed by atoms with Crippen LogP contribution in [0.25, 0.3) is 0 Å². The van der Waals surface area contributed by atoms with Gasteiger partial charge in [-0.25, -0.2) is 0 Å². The Morgan fingerprint density at radius 2 is 1.65 bits per heavy atom. The van der Waals surface area contributed by atoms with Crippen LogP contribution < -0.4 is 11.5 Å². The molecule has 1 rings (SSSR count). The van der Waals surface area contributed by atoms with Crippen molar-refractivity contribution in [2.24, 2.45) is 17.4 Å². The number of carboxylic acid groups (broad SMARTS) is 1. The Morgan fingerprint density at radius 1 is 1.13 bits per heavy atom. The highest BCUT2D eigenvalue weighted by atomic mass is 35.5. The lowest BCUT2D eigenvalue weighted by Gasteiger charge is -2.10. The molecule has 1 aromatic rings. The number of hydrogen-bond donors (Lipinski definition) is 3. The van der Waals surface area contributed by atoms with Gasteiger partial charge >= 0.3 is 11.9 Å². The van der Waals surface area contributed by atoms with Crippen LogP contribution in [0.1, 0.15) is 25.8 Å². The molecule has 0 heterocycles. The average Bonchev–Trinajstić information content (AvgIpc) is 2.47. The van der Waals surface area contributed by atoms with Crippen LogP contribution in [0.4, 0.5) is 0 Å². The van der Waals surface area contributed by atoms with Gasteiger partial charge in [0.1, 0.15) is 12.1 Å². The third-order valence-corrected chi connectivity index (χ3v) is 2.84. The van der Waals surface area contributed by atoms with Crippen LogP contribution in [0.2, 0.25) is 0 Å². The Labute approximate surface area is 143 Å². The van der Waals surface area contributed by atoms with E-state index < -0.39 is 18.1 Å². The molecule has 1 aromatic carbocycles. The van der Waals surface area contributed by atoms with E-state index in [0.29, 0.717) is 18.8 Å². The summed E-state index contributed by atoms with van der Waals surface area (Å²) in [5.74, 6) is -0.846. The third kappa shape index (κ3) is 11.6. The summed E-state index contributed by atoms with van der Waals surface area (Å²) in [6.45, 7) is 4.03. The largest absolute Gasteiger partial charge is 0.480 e. The Balaban J connectivity index is 0. The maximum Gasteiger partial charge on any atom is 0.322 e. The minimum atomic E-state index is -0.959. The molecule has 0 saturated carbocycles. The molecular weight excluding hydrogens is 320 g/mol. The lowest BCUT2D eigenvalue weighted by atomic mass is 10.1. The first-order valence-corrected chi connectivity index (χ1v) is 7.13. The van der Waals surface area contributed by atoms with Gasteiger partial charge in [-0.2, -0.15) is 0 Å². The van der Waals surface area contributed by atoms with Gasteiger partial charge in [-0.3, -0.25) is 9.59 Å². The maximum absolute atomic E-state index is 10.7. The van der Waals surface area contributed by atoms with E-state index in [-0.39, 0.29) is 18.4 Å². The Bertz CT molecular complexity index is 455. The average molecular weight is 347 g/mol. The zero-order valence-corrected chi connectivity index (χ0v) is 14.6. The summed E-state index contributed by atoms with van der Waals surface area (Å²) in [5, 5.41) is 8.52. The Kier molecular flexibility index (Phi) is 13.2. The van der Waals surface area contributed by atoms with Gasteiger partial charge in [-0.1, -0.05) is 44.2 Å². The van der Waals surface area contributed by atoms with Crippen molar-refractivity contribution in [3.05, 3.63) is 35.9 Å². The molecule has 23 heavy (non-hydrogen) atoms. The summed E-state index contributed by atoms with van der Waals surface area (Å²) in [6, 6.07) is 8.09. The first kappa shape index (κ1) is 23.6. The fourth-order valence-electron chi connectivity index (χ4n) is 1.71. The van der Waals surface area contributed by atoms with Crippen molar-refractivity contribution in [3.63, 3.8) is 0 Å². The van der Waals surface area contributed by atoms with Gasteiger partial charge in [0.05, 0.1) is 7.11 Å². The molecule has 0 aliphatic rings. The van der Waals surface area contributed by atoms with Gasteiger partial charge in [0, 0.05) is 0 Å². The fourth-order valence-corrected chi connectivity index (χ4v) is 1.71. The molecule has 5 N–H and O–H groups in total. The van der Waals surface area contributed by atoms with E-state index in [4.69, 9.17) is 16.6 Å². The smallest absolute Gasteiger partial charge is 0.322 e. The standard InChI is InChI=1S/C9H11NO2.C7H15NO2.ClH/c10-8(9(11)12)6-7-4-2-1-3-5-7;1-5(2)4-6(8)7(9)10-3;/h1-5,8H,6,10H2,(H,11,12);5-6H,4,8H2,1-3H3;1H. The van der Waals surface area contributed by atoms with E-state index in [0.717, 1.165) is 5.56 Å². The molecule has 0 aliphatic carbocycles. The summed E-state index contributed by atoms with van der Waals surface area (Å²) in [4.78, 5) is 21.1. The zero-order chi connectivity index (χ0) is 17.1. The number of methoxy groups -OCH3 is 1. The number of esters is 1. The Morgan fingerprint density at radius 3 is 2.04 bits per heavy atom. The number of halogens is 1. The minimum absolute atomic E-state index is 0. The molecule has 2 unspecified atom stereocenters. The maximum atomic E-state index is 10.7. The highest BCUT2D eigenvalue weighted by molar-refractivity contribution is 5.85. The predicted molar refractivity (Wildman–Crippen MR) is 92.5 cm³/mol. The SMILES string of the molecule is COC(=O)C(N)CC(C)C.Cl.NC(Cc1ccccc1)C(=O)O. The molecular formula is C16H27ClN2O4. The molecule has 0 saturated heterocycles. The van der Waals surface area contributed by atoms with Crippen LogP contribution in [0.3, 0.4) is 0 Å². The molecule has 0 fully saturated rings. The van der Waals surface area contributed by atoms with Crippen LogP contribution in [0.5, 0.6) is 0 Å². The number of rotatable bonds is 6. The molecule has 0 bridgehead atoms. The van der Waals surface area contributed by atoms with Gasteiger partial charge in [0.15, 0.2) is 0 Å². The molecule has 0 aromatic heterocycles. The lowest BCUT2D eigenvalue weighted by Crippen LogP contribution is -2.32. The normalized spacial score (nSPS) is 12.3. The van der Waals surface area contributed by atoms with Crippen molar-refractivity contribution >= 4 is 24.3 Å². The third-order valence-electron chi connectivity index (χ3n) is 2.84. The van der Waals surface area contributed by atoms with E-state index in [1.807, 2.05) is 44.2 Å². The topological polar surface area (TPSA) is 116 Å². The summed E-state index contributed by atoms with van der Waals surface area (Å²) in [7, 11) is 1.35. The van der Waals surface area contributed by atoms with Crippen molar-refractivity contribution in [2.45, 2.75) is 38.8 Å². The summed E-state index contributed by atoms with van der Waals surface area (Å²) < 4.78 is 4.45. The number of nitrogens with two attached hydrogens (primary N) is 2. The highest BCUT2D eigenvalue weighted by Gasteiger charge is 2.14. The molecule has 0 amide bonds. The van der Waals surface area contributed by atoms with Crippen LogP contribution in [0, 0.1) is 5.92 Å². The van der Waals surface area contributed by atoms with E-state index in [1.54, 1.807) is 0 Å². The monoisotopic (exact) mass is 346 g/mol. The minimum Gasteiger partial charge on any atom is -0.480 e. The van der Waals surface area contributed by atoms with Gasteiger partial charge in [-0.15, -0.1) is 12.4 Å². The molecule has 0 radical (unpaired) electrons. The molecule has 7 heteroatoms. The second kappa shape index (κ2) is 12.9. The van der Waals surface area contributed by atoms with Crippen molar-refractivity contribution in [3.8, 4) is 0 Å². The number of aliphatic carboxylic acids is 1. The first-order chi connectivity index (χ1) is 10.3. The molecule has 6 nitrogen and oxygen atoms in total.